The zero-order valence-corrected chi connectivity index (χ0v) is 20.1. The molecule has 0 bridgehead atoms. The van der Waals surface area contributed by atoms with Crippen molar-refractivity contribution in [1.29, 1.82) is 0 Å². The third-order valence-electron chi connectivity index (χ3n) is 5.09. The number of nitrogens with two attached hydrogens (primary N) is 1. The number of amides is 3. The highest BCUT2D eigenvalue weighted by molar-refractivity contribution is 5.91. The molecule has 2 atom stereocenters. The van der Waals surface area contributed by atoms with Crippen LogP contribution in [0.2, 0.25) is 0 Å². The highest BCUT2D eigenvalue weighted by Gasteiger charge is 2.32. The van der Waals surface area contributed by atoms with Crippen molar-refractivity contribution >= 4 is 23.6 Å². The fraction of sp³-hybridized carbons (Fsp3) is 0.375. The maximum absolute atomic E-state index is 13.4. The van der Waals surface area contributed by atoms with Crippen molar-refractivity contribution in [2.24, 2.45) is 5.73 Å². The number of carbonyl (C=O) groups excluding carboxylic acids is 3. The Morgan fingerprint density at radius 2 is 1.57 bits per heavy atom. The van der Waals surface area contributed by atoms with Crippen molar-refractivity contribution in [3.05, 3.63) is 69.8 Å². The standard InChI is InChI=1S/C24H30N4O7/c1-24(2,3)35-23(32)26-19(13-15-7-11-18(29)12-8-15)22(31)27(4)20(21(25)30)14-16-5-9-17(10-6-16)28(33)34/h5-12,19-20,29H,13-14H2,1-4H3,(H2,25,30)(H,26,32)/t19-,20-/m0/s1. The van der Waals surface area contributed by atoms with Crippen LogP contribution in [0.25, 0.3) is 0 Å². The number of hydrogen-bond acceptors (Lipinski definition) is 7. The Kier molecular flexibility index (Phi) is 8.76. The van der Waals surface area contributed by atoms with E-state index in [2.05, 4.69) is 5.32 Å². The summed E-state index contributed by atoms with van der Waals surface area (Å²) in [6.07, 6.45) is -0.728. The number of phenolic OH excluding ortho intramolecular Hbond substituents is 1. The number of nitro benzene ring substituents is 1. The van der Waals surface area contributed by atoms with E-state index >= 15 is 0 Å². The van der Waals surface area contributed by atoms with Crippen LogP contribution in [0.4, 0.5) is 10.5 Å². The fourth-order valence-electron chi connectivity index (χ4n) is 3.32. The van der Waals surface area contributed by atoms with Gasteiger partial charge in [0.2, 0.25) is 11.8 Å². The van der Waals surface area contributed by atoms with E-state index in [1.54, 1.807) is 32.9 Å². The molecule has 0 saturated heterocycles. The molecule has 35 heavy (non-hydrogen) atoms. The number of likely N-dealkylation sites (N-methyl/N-ethyl adjacent to an activating group) is 1. The molecule has 0 aliphatic heterocycles. The van der Waals surface area contributed by atoms with E-state index < -0.39 is 40.5 Å². The van der Waals surface area contributed by atoms with Gasteiger partial charge in [0.05, 0.1) is 4.92 Å². The summed E-state index contributed by atoms with van der Waals surface area (Å²) in [4.78, 5) is 49.6. The third-order valence-corrected chi connectivity index (χ3v) is 5.09. The Bertz CT molecular complexity index is 1060. The Balaban J connectivity index is 2.27. The Morgan fingerprint density at radius 3 is 2.06 bits per heavy atom. The molecule has 11 heteroatoms. The SMILES string of the molecule is CN(C(=O)[C@H](Cc1ccc(O)cc1)NC(=O)OC(C)(C)C)[C@@H](Cc1ccc([N+](=O)[O-])cc1)C(N)=O. The van der Waals surface area contributed by atoms with Gasteiger partial charge in [-0.15, -0.1) is 0 Å². The first-order chi connectivity index (χ1) is 16.3. The molecule has 2 rings (SSSR count). The van der Waals surface area contributed by atoms with E-state index in [4.69, 9.17) is 10.5 Å². The zero-order valence-electron chi connectivity index (χ0n) is 20.1. The van der Waals surface area contributed by atoms with Crippen LogP contribution >= 0.6 is 0 Å². The zero-order chi connectivity index (χ0) is 26.3. The van der Waals surface area contributed by atoms with Crippen molar-refractivity contribution in [3.63, 3.8) is 0 Å². The summed E-state index contributed by atoms with van der Waals surface area (Å²) in [6.45, 7) is 5.05. The average Bonchev–Trinajstić information content (AvgIpc) is 2.76. The normalized spacial score (nSPS) is 12.8. The maximum Gasteiger partial charge on any atom is 0.408 e. The van der Waals surface area contributed by atoms with Crippen molar-refractivity contribution in [1.82, 2.24) is 10.2 Å². The first-order valence-electron chi connectivity index (χ1n) is 10.8. The topological polar surface area (TPSA) is 165 Å². The molecule has 188 valence electrons. The van der Waals surface area contributed by atoms with E-state index in [1.807, 2.05) is 0 Å². The highest BCUT2D eigenvalue weighted by Crippen LogP contribution is 2.17. The van der Waals surface area contributed by atoms with Crippen molar-refractivity contribution in [3.8, 4) is 5.75 Å². The molecule has 0 saturated carbocycles. The van der Waals surface area contributed by atoms with Gasteiger partial charge in [-0.05, 0) is 44.0 Å². The molecule has 0 aliphatic carbocycles. The van der Waals surface area contributed by atoms with Crippen LogP contribution in [0.5, 0.6) is 5.75 Å². The first kappa shape index (κ1) is 27.1. The molecule has 0 radical (unpaired) electrons. The molecule has 0 aromatic heterocycles. The van der Waals surface area contributed by atoms with Crippen molar-refractivity contribution < 1.29 is 29.2 Å². The molecule has 0 unspecified atom stereocenters. The molecule has 11 nitrogen and oxygen atoms in total. The number of non-ortho nitro benzene ring substituents is 1. The number of nitro groups is 1. The number of phenols is 1. The minimum Gasteiger partial charge on any atom is -0.508 e. The summed E-state index contributed by atoms with van der Waals surface area (Å²) >= 11 is 0. The summed E-state index contributed by atoms with van der Waals surface area (Å²) < 4.78 is 5.28. The quantitative estimate of drug-likeness (QED) is 0.361. The molecular weight excluding hydrogens is 456 g/mol. The van der Waals surface area contributed by atoms with Crippen LogP contribution in [0.3, 0.4) is 0 Å². The average molecular weight is 487 g/mol. The van der Waals surface area contributed by atoms with Gasteiger partial charge < -0.3 is 25.8 Å². The Morgan fingerprint density at radius 1 is 1.06 bits per heavy atom. The largest absolute Gasteiger partial charge is 0.508 e. The lowest BCUT2D eigenvalue weighted by Crippen LogP contribution is -2.55. The van der Waals surface area contributed by atoms with E-state index in [0.29, 0.717) is 11.1 Å². The second kappa shape index (κ2) is 11.3. The highest BCUT2D eigenvalue weighted by atomic mass is 16.6. The number of carbonyl (C=O) groups is 3. The lowest BCUT2D eigenvalue weighted by molar-refractivity contribution is -0.384. The number of primary amides is 1. The number of nitrogens with one attached hydrogen (secondary N) is 1. The van der Waals surface area contributed by atoms with Gasteiger partial charge >= 0.3 is 6.09 Å². The van der Waals surface area contributed by atoms with Crippen LogP contribution in [-0.4, -0.2) is 57.6 Å². The number of nitrogens with zero attached hydrogens (tertiary/aromatic N) is 2. The van der Waals surface area contributed by atoms with Gasteiger partial charge in [0, 0.05) is 32.0 Å². The molecule has 0 aliphatic rings. The van der Waals surface area contributed by atoms with Crippen LogP contribution < -0.4 is 11.1 Å². The second-order valence-corrected chi connectivity index (χ2v) is 9.06. The minimum atomic E-state index is -1.10. The number of aromatic hydroxyl groups is 1. The maximum atomic E-state index is 13.4. The summed E-state index contributed by atoms with van der Waals surface area (Å²) in [5.74, 6) is -1.32. The molecule has 0 heterocycles. The number of benzene rings is 2. The lowest BCUT2D eigenvalue weighted by atomic mass is 10.0. The first-order valence-corrected chi connectivity index (χ1v) is 10.8. The Labute approximate surface area is 203 Å². The van der Waals surface area contributed by atoms with Crippen molar-refractivity contribution in [2.75, 3.05) is 7.05 Å². The molecule has 2 aromatic rings. The Hall–Kier alpha value is -4.15. The molecule has 2 aromatic carbocycles. The molecule has 0 fully saturated rings. The van der Waals surface area contributed by atoms with Crippen LogP contribution in [-0.2, 0) is 27.2 Å². The molecule has 0 spiro atoms. The number of hydrogen-bond donors (Lipinski definition) is 3. The van der Waals surface area contributed by atoms with Gasteiger partial charge in [0.15, 0.2) is 0 Å². The van der Waals surface area contributed by atoms with E-state index in [0.717, 1.165) is 4.90 Å². The predicted octanol–water partition coefficient (Wildman–Crippen LogP) is 2.29. The van der Waals surface area contributed by atoms with Gasteiger partial charge in [-0.1, -0.05) is 24.3 Å². The van der Waals surface area contributed by atoms with Gasteiger partial charge in [-0.3, -0.25) is 19.7 Å². The molecule has 4 N–H and O–H groups in total. The minimum absolute atomic E-state index is 0.0218. The number of alkyl carbamates (subject to hydrolysis) is 1. The number of ether oxygens (including phenoxy) is 1. The van der Waals surface area contributed by atoms with E-state index in [1.165, 1.54) is 43.4 Å². The second-order valence-electron chi connectivity index (χ2n) is 9.06. The van der Waals surface area contributed by atoms with Gasteiger partial charge in [0.25, 0.3) is 5.69 Å². The smallest absolute Gasteiger partial charge is 0.408 e. The van der Waals surface area contributed by atoms with Crippen molar-refractivity contribution in [2.45, 2.75) is 51.3 Å². The fourth-order valence-corrected chi connectivity index (χ4v) is 3.32. The van der Waals surface area contributed by atoms with E-state index in [-0.39, 0.29) is 24.3 Å². The summed E-state index contributed by atoms with van der Waals surface area (Å²) in [5, 5.41) is 23.0. The summed E-state index contributed by atoms with van der Waals surface area (Å²) in [6, 6.07) is 9.51. The van der Waals surface area contributed by atoms with Gasteiger partial charge in [-0.2, -0.15) is 0 Å². The third kappa shape index (κ3) is 8.29. The summed E-state index contributed by atoms with van der Waals surface area (Å²) in [5.41, 5.74) is 5.88. The van der Waals surface area contributed by atoms with Crippen LogP contribution in [0, 0.1) is 10.1 Å². The monoisotopic (exact) mass is 486 g/mol. The molecular formula is C24H30N4O7. The van der Waals surface area contributed by atoms with Crippen LogP contribution in [0.1, 0.15) is 31.9 Å². The van der Waals surface area contributed by atoms with Crippen LogP contribution in [0.15, 0.2) is 48.5 Å². The molecule has 3 amide bonds. The summed E-state index contributed by atoms with van der Waals surface area (Å²) in [7, 11) is 1.39. The van der Waals surface area contributed by atoms with E-state index in [9.17, 15) is 29.6 Å². The number of rotatable bonds is 9. The lowest BCUT2D eigenvalue weighted by Gasteiger charge is -2.30. The van der Waals surface area contributed by atoms with Gasteiger partial charge in [-0.25, -0.2) is 4.79 Å². The van der Waals surface area contributed by atoms with Gasteiger partial charge in [0.1, 0.15) is 23.4 Å². The predicted molar refractivity (Wildman–Crippen MR) is 128 cm³/mol.